The van der Waals surface area contributed by atoms with Gasteiger partial charge in [-0.05, 0) is 43.2 Å². The highest BCUT2D eigenvalue weighted by molar-refractivity contribution is 5.99. The summed E-state index contributed by atoms with van der Waals surface area (Å²) in [5, 5.41) is 13.4. The molecule has 2 fully saturated rings. The van der Waals surface area contributed by atoms with Crippen molar-refractivity contribution >= 4 is 27.7 Å². The minimum Gasteiger partial charge on any atom is -0.336 e. The minimum atomic E-state index is 0.125. The SMILES string of the molecule is O=C(c1ccc2ccn(-c3n[nH]c4ccccc34)c2c1)N1CC2CCC(C1)N2. The maximum atomic E-state index is 13.2. The number of para-hydroxylation sites is 1. The Kier molecular flexibility index (Phi) is 3.37. The molecule has 6 heteroatoms. The molecule has 2 unspecified atom stereocenters. The number of hydrogen-bond donors (Lipinski definition) is 2. The van der Waals surface area contributed by atoms with Gasteiger partial charge in [-0.1, -0.05) is 18.2 Å². The summed E-state index contributed by atoms with van der Waals surface area (Å²) in [7, 11) is 0. The predicted molar refractivity (Wildman–Crippen MR) is 109 cm³/mol. The van der Waals surface area contributed by atoms with Crippen LogP contribution >= 0.6 is 0 Å². The highest BCUT2D eigenvalue weighted by Crippen LogP contribution is 2.27. The van der Waals surface area contributed by atoms with E-state index in [2.05, 4.69) is 32.2 Å². The number of carbonyl (C=O) groups is 1. The number of rotatable bonds is 2. The number of benzene rings is 2. The zero-order valence-electron chi connectivity index (χ0n) is 15.4. The standard InChI is InChI=1S/C22H21N5O/c28-22(26-12-16-7-8-17(13-26)23-16)15-6-5-14-9-10-27(20(14)11-15)21-18-3-1-2-4-19(18)24-25-21/h1-6,9-11,16-17,23H,7-8,12-13H2,(H,24,25). The summed E-state index contributed by atoms with van der Waals surface area (Å²) in [6, 6.07) is 17.0. The number of hydrogen-bond acceptors (Lipinski definition) is 3. The fourth-order valence-corrected chi connectivity index (χ4v) is 4.72. The molecule has 4 aromatic rings. The van der Waals surface area contributed by atoms with Crippen LogP contribution in [0.25, 0.3) is 27.6 Å². The zero-order chi connectivity index (χ0) is 18.7. The van der Waals surface area contributed by atoms with Crippen molar-refractivity contribution in [3.05, 3.63) is 60.3 Å². The molecule has 2 atom stereocenters. The molecule has 0 aliphatic carbocycles. The molecule has 4 heterocycles. The molecule has 28 heavy (non-hydrogen) atoms. The van der Waals surface area contributed by atoms with Crippen LogP contribution in [-0.2, 0) is 0 Å². The predicted octanol–water partition coefficient (Wildman–Crippen LogP) is 3.08. The van der Waals surface area contributed by atoms with Crippen LogP contribution in [-0.4, -0.2) is 50.7 Å². The number of likely N-dealkylation sites (tertiary alicyclic amines) is 1. The van der Waals surface area contributed by atoms with Crippen molar-refractivity contribution in [3.63, 3.8) is 0 Å². The van der Waals surface area contributed by atoms with Crippen LogP contribution in [0.5, 0.6) is 0 Å². The Balaban J connectivity index is 1.41. The third kappa shape index (κ3) is 2.38. The van der Waals surface area contributed by atoms with E-state index in [1.54, 1.807) is 0 Å². The first-order chi connectivity index (χ1) is 13.8. The summed E-state index contributed by atoms with van der Waals surface area (Å²) in [5.74, 6) is 0.982. The Morgan fingerprint density at radius 2 is 1.86 bits per heavy atom. The second kappa shape index (κ2) is 5.94. The highest BCUT2D eigenvalue weighted by atomic mass is 16.2. The van der Waals surface area contributed by atoms with Crippen molar-refractivity contribution in [2.45, 2.75) is 24.9 Å². The molecule has 0 radical (unpaired) electrons. The molecule has 2 saturated heterocycles. The van der Waals surface area contributed by atoms with Crippen LogP contribution in [0, 0.1) is 0 Å². The van der Waals surface area contributed by atoms with Crippen LogP contribution in [0.15, 0.2) is 54.7 Å². The summed E-state index contributed by atoms with van der Waals surface area (Å²) < 4.78 is 2.06. The number of fused-ring (bicyclic) bond motifs is 4. The largest absolute Gasteiger partial charge is 0.336 e. The zero-order valence-corrected chi connectivity index (χ0v) is 15.4. The van der Waals surface area contributed by atoms with E-state index in [0.717, 1.165) is 46.3 Å². The van der Waals surface area contributed by atoms with E-state index in [1.165, 1.54) is 12.8 Å². The van der Waals surface area contributed by atoms with E-state index in [0.29, 0.717) is 12.1 Å². The minimum absolute atomic E-state index is 0.125. The molecule has 140 valence electrons. The van der Waals surface area contributed by atoms with Gasteiger partial charge in [0.1, 0.15) is 0 Å². The maximum Gasteiger partial charge on any atom is 0.254 e. The first-order valence-electron chi connectivity index (χ1n) is 9.86. The Bertz CT molecular complexity index is 1190. The molecule has 2 aliphatic rings. The molecule has 0 saturated carbocycles. The third-order valence-corrected chi connectivity index (χ3v) is 6.12. The fourth-order valence-electron chi connectivity index (χ4n) is 4.72. The van der Waals surface area contributed by atoms with Crippen molar-refractivity contribution in [1.29, 1.82) is 0 Å². The molecular weight excluding hydrogens is 350 g/mol. The Morgan fingerprint density at radius 1 is 1.04 bits per heavy atom. The van der Waals surface area contributed by atoms with Gasteiger partial charge in [-0.3, -0.25) is 14.5 Å². The second-order valence-corrected chi connectivity index (χ2v) is 7.90. The van der Waals surface area contributed by atoms with E-state index in [9.17, 15) is 4.79 Å². The first kappa shape index (κ1) is 15.9. The average molecular weight is 371 g/mol. The van der Waals surface area contributed by atoms with E-state index in [4.69, 9.17) is 0 Å². The van der Waals surface area contributed by atoms with Gasteiger partial charge in [0.05, 0.1) is 11.0 Å². The quantitative estimate of drug-likeness (QED) is 0.569. The molecule has 2 aliphatic heterocycles. The molecule has 2 aromatic carbocycles. The number of piperazine rings is 1. The number of nitrogens with zero attached hydrogens (tertiary/aromatic N) is 3. The maximum absolute atomic E-state index is 13.2. The van der Waals surface area contributed by atoms with E-state index in [-0.39, 0.29) is 5.91 Å². The van der Waals surface area contributed by atoms with Gasteiger partial charge >= 0.3 is 0 Å². The fraction of sp³-hybridized carbons (Fsp3) is 0.273. The number of aromatic nitrogens is 3. The molecule has 2 aromatic heterocycles. The number of aromatic amines is 1. The van der Waals surface area contributed by atoms with Gasteiger partial charge in [-0.15, -0.1) is 0 Å². The molecule has 6 rings (SSSR count). The van der Waals surface area contributed by atoms with Crippen molar-refractivity contribution in [2.75, 3.05) is 13.1 Å². The van der Waals surface area contributed by atoms with Gasteiger partial charge in [0.15, 0.2) is 5.82 Å². The summed E-state index contributed by atoms with van der Waals surface area (Å²) in [6.45, 7) is 1.61. The Morgan fingerprint density at radius 3 is 2.71 bits per heavy atom. The van der Waals surface area contributed by atoms with E-state index in [1.807, 2.05) is 47.5 Å². The Hall–Kier alpha value is -3.12. The number of amides is 1. The second-order valence-electron chi connectivity index (χ2n) is 7.90. The lowest BCUT2D eigenvalue weighted by molar-refractivity contribution is 0.0697. The van der Waals surface area contributed by atoms with Gasteiger partial charge in [-0.25, -0.2) is 0 Å². The summed E-state index contributed by atoms with van der Waals surface area (Å²) >= 11 is 0. The van der Waals surface area contributed by atoms with Gasteiger partial charge in [0.25, 0.3) is 5.91 Å². The molecule has 2 N–H and O–H groups in total. The van der Waals surface area contributed by atoms with Crippen LogP contribution in [0.2, 0.25) is 0 Å². The van der Waals surface area contributed by atoms with Crippen LogP contribution < -0.4 is 5.32 Å². The summed E-state index contributed by atoms with van der Waals surface area (Å²) in [4.78, 5) is 15.2. The number of carbonyl (C=O) groups excluding carboxylic acids is 1. The average Bonchev–Trinajstić information content (AvgIpc) is 3.43. The van der Waals surface area contributed by atoms with Crippen molar-refractivity contribution in [2.24, 2.45) is 0 Å². The molecule has 0 spiro atoms. The lowest BCUT2D eigenvalue weighted by Crippen LogP contribution is -2.53. The lowest BCUT2D eigenvalue weighted by atomic mass is 10.1. The topological polar surface area (TPSA) is 66.0 Å². The Labute approximate surface area is 162 Å². The summed E-state index contributed by atoms with van der Waals surface area (Å²) in [5.41, 5.74) is 2.75. The van der Waals surface area contributed by atoms with E-state index >= 15 is 0 Å². The number of nitrogens with one attached hydrogen (secondary N) is 2. The van der Waals surface area contributed by atoms with Crippen molar-refractivity contribution in [1.82, 2.24) is 25.0 Å². The monoisotopic (exact) mass is 371 g/mol. The van der Waals surface area contributed by atoms with Gasteiger partial charge in [0.2, 0.25) is 0 Å². The van der Waals surface area contributed by atoms with Crippen LogP contribution in [0.1, 0.15) is 23.2 Å². The highest BCUT2D eigenvalue weighted by Gasteiger charge is 2.34. The van der Waals surface area contributed by atoms with Gasteiger partial charge < -0.3 is 10.2 Å². The number of H-pyrrole nitrogens is 1. The first-order valence-corrected chi connectivity index (χ1v) is 9.86. The normalized spacial score (nSPS) is 21.6. The van der Waals surface area contributed by atoms with Gasteiger partial charge in [0, 0.05) is 47.7 Å². The van der Waals surface area contributed by atoms with Crippen LogP contribution in [0.4, 0.5) is 0 Å². The summed E-state index contributed by atoms with van der Waals surface area (Å²) in [6.07, 6.45) is 4.36. The molecule has 6 nitrogen and oxygen atoms in total. The van der Waals surface area contributed by atoms with Crippen LogP contribution in [0.3, 0.4) is 0 Å². The third-order valence-electron chi connectivity index (χ3n) is 6.12. The van der Waals surface area contributed by atoms with Crippen molar-refractivity contribution < 1.29 is 4.79 Å². The van der Waals surface area contributed by atoms with Gasteiger partial charge in [-0.2, -0.15) is 5.10 Å². The van der Waals surface area contributed by atoms with E-state index < -0.39 is 0 Å². The van der Waals surface area contributed by atoms with Crippen molar-refractivity contribution in [3.8, 4) is 5.82 Å². The smallest absolute Gasteiger partial charge is 0.254 e. The lowest BCUT2D eigenvalue weighted by Gasteiger charge is -2.33. The molecule has 1 amide bonds. The molecule has 2 bridgehead atoms. The molecular formula is C22H21N5O.